The van der Waals surface area contributed by atoms with Gasteiger partial charge in [0.2, 0.25) is 5.95 Å². The third-order valence-electron chi connectivity index (χ3n) is 6.68. The van der Waals surface area contributed by atoms with Crippen LogP contribution < -0.4 is 22.1 Å². The topological polar surface area (TPSA) is 159 Å². The molecule has 0 radical (unpaired) electrons. The summed E-state index contributed by atoms with van der Waals surface area (Å²) in [4.78, 5) is 16.4. The Balaban J connectivity index is 1.45. The van der Waals surface area contributed by atoms with Gasteiger partial charge in [0.1, 0.15) is 0 Å². The molecule has 2 aliphatic rings. The van der Waals surface area contributed by atoms with Crippen LogP contribution in [0.15, 0.2) is 18.3 Å². The summed E-state index contributed by atoms with van der Waals surface area (Å²) in [5.41, 5.74) is 14.4. The molecule has 0 unspecified atom stereocenters. The maximum absolute atomic E-state index is 12.0. The molecule has 174 valence electrons. The van der Waals surface area contributed by atoms with Gasteiger partial charge in [-0.2, -0.15) is 10.1 Å². The Kier molecular flexibility index (Phi) is 5.37. The molecular formula is C22H29N9O2. The predicted octanol–water partition coefficient (Wildman–Crippen LogP) is 1.80. The molecule has 2 atom stereocenters. The van der Waals surface area contributed by atoms with Gasteiger partial charge in [0.25, 0.3) is 5.91 Å². The maximum atomic E-state index is 12.0. The standard InChI is InChI=1S/C22H29N9O2/c1-12-8-14(9-13-10-31(30-17(12)13)22(2)5-3-6-22)25-20-18(19(24)32)28-29-21(27-20)26-16-4-7-33-11-15(16)23/h8-10,15-16H,3-7,11,23H2,1-2H3,(H2,24,32)(H2,25,26,27,29)/t15-,16+/m0/s1. The number of hydrogen-bond acceptors (Lipinski definition) is 9. The quantitative estimate of drug-likeness (QED) is 0.438. The van der Waals surface area contributed by atoms with Crippen molar-refractivity contribution in [2.45, 2.75) is 57.2 Å². The summed E-state index contributed by atoms with van der Waals surface area (Å²) in [6.07, 6.45) is 6.30. The zero-order valence-corrected chi connectivity index (χ0v) is 18.8. The van der Waals surface area contributed by atoms with E-state index in [1.165, 1.54) is 6.42 Å². The molecule has 3 heterocycles. The zero-order valence-electron chi connectivity index (χ0n) is 18.8. The number of primary amides is 1. The molecular weight excluding hydrogens is 422 g/mol. The first-order valence-electron chi connectivity index (χ1n) is 11.2. The fourth-order valence-corrected chi connectivity index (χ4v) is 4.46. The van der Waals surface area contributed by atoms with Crippen LogP contribution in [0, 0.1) is 6.92 Å². The Labute approximate surface area is 191 Å². The number of aryl methyl sites for hydroxylation is 1. The van der Waals surface area contributed by atoms with Crippen LogP contribution in [-0.4, -0.2) is 56.2 Å². The van der Waals surface area contributed by atoms with Crippen molar-refractivity contribution in [3.05, 3.63) is 29.6 Å². The van der Waals surface area contributed by atoms with E-state index >= 15 is 0 Å². The number of ether oxygens (including phenoxy) is 1. The first kappa shape index (κ1) is 21.5. The normalized spacial score (nSPS) is 22.0. The third-order valence-corrected chi connectivity index (χ3v) is 6.68. The smallest absolute Gasteiger partial charge is 0.273 e. The van der Waals surface area contributed by atoms with Gasteiger partial charge in [-0.25, -0.2) is 0 Å². The Morgan fingerprint density at radius 2 is 2.12 bits per heavy atom. The molecule has 5 rings (SSSR count). The van der Waals surface area contributed by atoms with E-state index in [2.05, 4.69) is 43.6 Å². The lowest BCUT2D eigenvalue weighted by atomic mass is 9.79. The highest BCUT2D eigenvalue weighted by Gasteiger charge is 2.34. The minimum atomic E-state index is -0.713. The van der Waals surface area contributed by atoms with E-state index in [0.717, 1.165) is 41.4 Å². The molecule has 0 bridgehead atoms. The van der Waals surface area contributed by atoms with Crippen molar-refractivity contribution in [3.63, 3.8) is 0 Å². The van der Waals surface area contributed by atoms with Crippen molar-refractivity contribution >= 4 is 34.3 Å². The minimum Gasteiger partial charge on any atom is -0.380 e. The maximum Gasteiger partial charge on any atom is 0.273 e. The molecule has 1 amide bonds. The number of carbonyl (C=O) groups excluding carboxylic acids is 1. The molecule has 33 heavy (non-hydrogen) atoms. The Morgan fingerprint density at radius 1 is 1.30 bits per heavy atom. The van der Waals surface area contributed by atoms with Crippen molar-refractivity contribution in [1.82, 2.24) is 25.0 Å². The number of fused-ring (bicyclic) bond motifs is 1. The molecule has 0 spiro atoms. The van der Waals surface area contributed by atoms with Crippen LogP contribution in [0.5, 0.6) is 0 Å². The number of amides is 1. The Morgan fingerprint density at radius 3 is 2.82 bits per heavy atom. The number of nitrogens with zero attached hydrogens (tertiary/aromatic N) is 5. The van der Waals surface area contributed by atoms with Crippen molar-refractivity contribution < 1.29 is 9.53 Å². The van der Waals surface area contributed by atoms with Crippen LogP contribution in [-0.2, 0) is 10.3 Å². The van der Waals surface area contributed by atoms with Crippen molar-refractivity contribution in [3.8, 4) is 0 Å². The first-order chi connectivity index (χ1) is 15.8. The molecule has 2 aromatic heterocycles. The van der Waals surface area contributed by atoms with Crippen LogP contribution in [0.1, 0.15) is 48.7 Å². The number of carbonyl (C=O) groups is 1. The predicted molar refractivity (Wildman–Crippen MR) is 124 cm³/mol. The van der Waals surface area contributed by atoms with E-state index in [4.69, 9.17) is 21.3 Å². The molecule has 2 fully saturated rings. The van der Waals surface area contributed by atoms with E-state index in [1.807, 2.05) is 19.1 Å². The van der Waals surface area contributed by atoms with Gasteiger partial charge >= 0.3 is 0 Å². The number of anilines is 3. The van der Waals surface area contributed by atoms with E-state index < -0.39 is 5.91 Å². The second-order valence-corrected chi connectivity index (χ2v) is 9.26. The van der Waals surface area contributed by atoms with Crippen LogP contribution in [0.2, 0.25) is 0 Å². The molecule has 6 N–H and O–H groups in total. The van der Waals surface area contributed by atoms with Crippen molar-refractivity contribution in [2.24, 2.45) is 11.5 Å². The lowest BCUT2D eigenvalue weighted by molar-refractivity contribution is 0.0751. The van der Waals surface area contributed by atoms with Gasteiger partial charge < -0.3 is 26.8 Å². The molecule has 1 aliphatic carbocycles. The van der Waals surface area contributed by atoms with Crippen LogP contribution in [0.4, 0.5) is 17.5 Å². The van der Waals surface area contributed by atoms with E-state index in [-0.39, 0.29) is 35.1 Å². The highest BCUT2D eigenvalue weighted by atomic mass is 16.5. The number of nitrogens with one attached hydrogen (secondary N) is 2. The van der Waals surface area contributed by atoms with Crippen LogP contribution >= 0.6 is 0 Å². The fraction of sp³-hybridized carbons (Fsp3) is 0.500. The van der Waals surface area contributed by atoms with Crippen LogP contribution in [0.3, 0.4) is 0 Å². The molecule has 1 saturated heterocycles. The highest BCUT2D eigenvalue weighted by molar-refractivity contribution is 5.96. The first-order valence-corrected chi connectivity index (χ1v) is 11.2. The van der Waals surface area contributed by atoms with Gasteiger partial charge in [0, 0.05) is 36.0 Å². The summed E-state index contributed by atoms with van der Waals surface area (Å²) in [5.74, 6) is -0.207. The summed E-state index contributed by atoms with van der Waals surface area (Å²) in [6.45, 7) is 5.32. The van der Waals surface area contributed by atoms with Crippen molar-refractivity contribution in [2.75, 3.05) is 23.8 Å². The number of nitrogens with two attached hydrogens (primary N) is 2. The van der Waals surface area contributed by atoms with Gasteiger partial charge in [-0.3, -0.25) is 9.48 Å². The average Bonchev–Trinajstić information content (AvgIpc) is 3.19. The van der Waals surface area contributed by atoms with Crippen molar-refractivity contribution in [1.29, 1.82) is 0 Å². The number of hydrogen-bond donors (Lipinski definition) is 4. The summed E-state index contributed by atoms with van der Waals surface area (Å²) in [5, 5.41) is 20.3. The monoisotopic (exact) mass is 451 g/mol. The van der Waals surface area contributed by atoms with Gasteiger partial charge in [-0.05, 0) is 57.2 Å². The largest absolute Gasteiger partial charge is 0.380 e. The third kappa shape index (κ3) is 4.09. The number of aromatic nitrogens is 5. The average molecular weight is 452 g/mol. The van der Waals surface area contributed by atoms with Gasteiger partial charge in [0.05, 0.1) is 17.7 Å². The SMILES string of the molecule is Cc1cc(Nc2nc(N[C@@H]3CCOC[C@@H]3N)nnc2C(N)=O)cc2cn(C3(C)CCC3)nc12. The summed E-state index contributed by atoms with van der Waals surface area (Å²) >= 11 is 0. The van der Waals surface area contributed by atoms with Gasteiger partial charge in [-0.1, -0.05) is 0 Å². The molecule has 1 aliphatic heterocycles. The molecule has 11 nitrogen and oxygen atoms in total. The van der Waals surface area contributed by atoms with E-state index in [9.17, 15) is 4.79 Å². The number of benzene rings is 1. The van der Waals surface area contributed by atoms with Gasteiger partial charge in [-0.15, -0.1) is 10.2 Å². The fourth-order valence-electron chi connectivity index (χ4n) is 4.46. The minimum absolute atomic E-state index is 0.0350. The summed E-state index contributed by atoms with van der Waals surface area (Å²) < 4.78 is 7.46. The van der Waals surface area contributed by atoms with E-state index in [1.54, 1.807) is 0 Å². The van der Waals surface area contributed by atoms with Gasteiger partial charge in [0.15, 0.2) is 11.5 Å². The van der Waals surface area contributed by atoms with Crippen LogP contribution in [0.25, 0.3) is 10.9 Å². The summed E-state index contributed by atoms with van der Waals surface area (Å²) in [7, 11) is 0. The second kappa shape index (κ2) is 8.23. The van der Waals surface area contributed by atoms with E-state index in [0.29, 0.717) is 13.2 Å². The number of rotatable bonds is 6. The Bertz CT molecular complexity index is 1200. The highest BCUT2D eigenvalue weighted by Crippen LogP contribution is 2.39. The Hall–Kier alpha value is -3.31. The second-order valence-electron chi connectivity index (χ2n) is 9.26. The lowest BCUT2D eigenvalue weighted by Crippen LogP contribution is -2.48. The summed E-state index contributed by atoms with van der Waals surface area (Å²) in [6, 6.07) is 3.72. The molecule has 3 aromatic rings. The lowest BCUT2D eigenvalue weighted by Gasteiger charge is -2.38. The molecule has 11 heteroatoms. The zero-order chi connectivity index (χ0) is 23.2. The molecule has 1 saturated carbocycles. The molecule has 1 aromatic carbocycles.